The van der Waals surface area contributed by atoms with E-state index >= 15 is 0 Å². The van der Waals surface area contributed by atoms with Gasteiger partial charge in [-0.1, -0.05) is 22.0 Å². The molecule has 0 bridgehead atoms. The Kier molecular flexibility index (Phi) is 107. The fourth-order valence-electron chi connectivity index (χ4n) is 8.89. The number of ether oxygens (including phenoxy) is 34. The molecule has 1 heterocycles. The van der Waals surface area contributed by atoms with E-state index in [1.54, 1.807) is 27.8 Å². The molecule has 0 spiro atoms. The lowest BCUT2D eigenvalue weighted by atomic mass is 10.4. The van der Waals surface area contributed by atoms with Crippen molar-refractivity contribution < 1.29 is 171 Å². The molecule has 0 aliphatic heterocycles. The summed E-state index contributed by atoms with van der Waals surface area (Å²) in [6.07, 6.45) is 2.45. The average Bonchev–Trinajstić information content (AvgIpc) is 0.961. The van der Waals surface area contributed by atoms with Crippen LogP contribution in [0.15, 0.2) is 34.5 Å². The van der Waals surface area contributed by atoms with Crippen molar-refractivity contribution in [1.29, 1.82) is 0 Å². The first kappa shape index (κ1) is 120. The van der Waals surface area contributed by atoms with Gasteiger partial charge in [0.1, 0.15) is 5.03 Å². The van der Waals surface area contributed by atoms with Crippen LogP contribution in [0.3, 0.4) is 0 Å². The minimum atomic E-state index is -0.111. The number of carbonyl (C=O) groups is 2. The summed E-state index contributed by atoms with van der Waals surface area (Å²) in [4.78, 5) is 30.9. The zero-order valence-corrected chi connectivity index (χ0v) is 76.1. The highest BCUT2D eigenvalue weighted by molar-refractivity contribution is 8.76. The fraction of sp³-hybridized carbons (Fsp3) is 0.914. The maximum Gasteiger partial charge on any atom is 0.222 e. The smallest absolute Gasteiger partial charge is 0.222 e. The van der Waals surface area contributed by atoms with Gasteiger partial charge >= 0.3 is 0 Å². The number of hydrogen-bond donors (Lipinski definition) is 2. The summed E-state index contributed by atoms with van der Waals surface area (Å²) >= 11 is 0. The van der Waals surface area contributed by atoms with Gasteiger partial charge in [0, 0.05) is 49.3 Å². The maximum atomic E-state index is 12.1. The molecule has 0 radical (unpaired) electrons. The van der Waals surface area contributed by atoms with Crippen LogP contribution >= 0.6 is 21.6 Å². The molecule has 125 heavy (non-hydrogen) atoms. The molecule has 0 aliphatic rings. The molecule has 0 saturated carbocycles. The van der Waals surface area contributed by atoms with E-state index in [2.05, 4.69) is 25.6 Å². The van der Waals surface area contributed by atoms with E-state index in [0.717, 1.165) is 5.03 Å². The Morgan fingerprint density at radius 2 is 0.424 bits per heavy atom. The Hall–Kier alpha value is -3.26. The van der Waals surface area contributed by atoms with Crippen molar-refractivity contribution in [3.05, 3.63) is 34.8 Å². The van der Waals surface area contributed by atoms with Crippen LogP contribution in [0.25, 0.3) is 10.4 Å². The molecule has 0 atom stereocenters. The van der Waals surface area contributed by atoms with Crippen LogP contribution in [0.2, 0.25) is 0 Å². The topological polar surface area (TPSA) is 434 Å². The molecule has 0 saturated heterocycles. The first-order chi connectivity index (χ1) is 62.2. The third-order valence-electron chi connectivity index (χ3n) is 15.1. The van der Waals surface area contributed by atoms with Gasteiger partial charge in [-0.2, -0.15) is 0 Å². The number of carbonyl (C=O) groups excluding carboxylic acids is 2. The van der Waals surface area contributed by atoms with Crippen molar-refractivity contribution >= 4 is 33.4 Å². The first-order valence-corrected chi connectivity index (χ1v) is 45.9. The lowest BCUT2D eigenvalue weighted by Gasteiger charge is -2.09. The summed E-state index contributed by atoms with van der Waals surface area (Å²) in [7, 11) is 3.18. The number of nitrogens with zero attached hydrogens (tertiary/aromatic N) is 4. The zero-order valence-electron chi connectivity index (χ0n) is 74.4. The van der Waals surface area contributed by atoms with Crippen LogP contribution in [0.1, 0.15) is 12.8 Å². The number of amides is 2. The predicted molar refractivity (Wildman–Crippen MR) is 460 cm³/mol. The van der Waals surface area contributed by atoms with Crippen LogP contribution < -0.4 is 10.6 Å². The van der Waals surface area contributed by atoms with E-state index in [1.807, 2.05) is 18.2 Å². The molecule has 736 valence electrons. The lowest BCUT2D eigenvalue weighted by molar-refractivity contribution is -0.122. The molecule has 1 rings (SSSR count). The summed E-state index contributed by atoms with van der Waals surface area (Å²) in [6, 6.07) is 5.77. The molecule has 0 aromatic carbocycles. The number of pyridine rings is 1. The van der Waals surface area contributed by atoms with Gasteiger partial charge in [0.25, 0.3) is 0 Å². The molecule has 1 aromatic rings. The molecule has 2 amide bonds. The molecule has 1 aromatic heterocycles. The summed E-state index contributed by atoms with van der Waals surface area (Å²) in [5.41, 5.74) is 8.19. The number of aromatic nitrogens is 1. The highest BCUT2D eigenvalue weighted by Gasteiger charge is 2.07. The summed E-state index contributed by atoms with van der Waals surface area (Å²) in [5, 5.41) is 9.98. The van der Waals surface area contributed by atoms with Gasteiger partial charge in [0.2, 0.25) is 11.8 Å². The number of hydrogen-bond acceptors (Lipinski definition) is 40. The third-order valence-corrected chi connectivity index (χ3v) is 17.4. The normalized spacial score (nSPS) is 11.6. The van der Waals surface area contributed by atoms with Gasteiger partial charge < -0.3 is 172 Å². The monoisotopic (exact) mass is 1850 g/mol. The minimum absolute atomic E-state index is 0.00792. The molecule has 0 unspecified atom stereocenters. The Balaban J connectivity index is 1.60. The van der Waals surface area contributed by atoms with Gasteiger partial charge in [0.05, 0.1) is 449 Å². The van der Waals surface area contributed by atoms with E-state index in [1.165, 1.54) is 0 Å². The summed E-state index contributed by atoms with van der Waals surface area (Å²) < 4.78 is 187. The Morgan fingerprint density at radius 1 is 0.248 bits per heavy atom. The standard InChI is InChI=1S/C81H154N6O36S2/c82-87-86-9-13-93-17-21-97-25-29-101-33-37-105-41-45-109-48-47-107-43-39-103-35-31-99-27-23-95-19-15-91-11-7-83-79(88)4-10-90-14-18-94-22-26-98-30-34-102-38-42-106-46-50-110-52-54-112-56-58-114-60-62-116-64-66-118-68-70-120-72-74-122-76-77-123-75-73-121-71-69-119-67-65-117-63-61-115-59-57-113-55-53-111-51-49-108-44-40-104-36-32-100-28-24-96-20-16-92-12-8-84-80(89)5-78-124-125-81-3-1-2-6-85-81/h1-3,6H,4-5,7-78H2,(H,83,88)(H,84,89). The van der Waals surface area contributed by atoms with Crippen LogP contribution in [-0.2, 0) is 171 Å². The SMILES string of the molecule is [N-]=[N+]=NCCOCCOCCOCCOCCOCCOCCOCCOCCOCCOCCNC(=O)CCOCCOCCOCCOCCOCCOCCOCCOCCOCCOCCOCCOCCOCCOCCOCCOCCOCCOCCOCCOCCOCCOCCOCCOCCNC(=O)CCSSc1ccccn1. The minimum Gasteiger partial charge on any atom is -0.379 e. The third kappa shape index (κ3) is 108. The van der Waals surface area contributed by atoms with E-state index in [4.69, 9.17) is 167 Å². The van der Waals surface area contributed by atoms with Crippen molar-refractivity contribution in [2.75, 3.05) is 475 Å². The van der Waals surface area contributed by atoms with Gasteiger partial charge in [-0.05, 0) is 28.5 Å². The van der Waals surface area contributed by atoms with Crippen LogP contribution in [-0.4, -0.2) is 491 Å². The lowest BCUT2D eigenvalue weighted by Crippen LogP contribution is -2.28. The fourth-order valence-corrected chi connectivity index (χ4v) is 10.8. The molecular weight excluding hydrogens is 1700 g/mol. The molecule has 42 nitrogen and oxygen atoms in total. The predicted octanol–water partition coefficient (Wildman–Crippen LogP) is 2.71. The van der Waals surface area contributed by atoms with Crippen LogP contribution in [0, 0.1) is 0 Å². The molecule has 44 heteroatoms. The Morgan fingerprint density at radius 3 is 0.608 bits per heavy atom. The van der Waals surface area contributed by atoms with E-state index in [-0.39, 0.29) is 18.2 Å². The van der Waals surface area contributed by atoms with Gasteiger partial charge in [-0.25, -0.2) is 4.98 Å². The second-order valence-corrected chi connectivity index (χ2v) is 27.5. The van der Waals surface area contributed by atoms with Crippen LogP contribution in [0.4, 0.5) is 0 Å². The highest BCUT2D eigenvalue weighted by Crippen LogP contribution is 2.29. The van der Waals surface area contributed by atoms with E-state index in [0.29, 0.717) is 481 Å². The molecule has 0 fully saturated rings. The summed E-state index contributed by atoms with van der Waals surface area (Å²) in [6.45, 7) is 32.2. The Bertz CT molecular complexity index is 2290. The second kappa shape index (κ2) is 111. The van der Waals surface area contributed by atoms with Gasteiger partial charge in [-0.3, -0.25) is 9.59 Å². The van der Waals surface area contributed by atoms with Crippen molar-refractivity contribution in [1.82, 2.24) is 15.6 Å². The maximum absolute atomic E-state index is 12.1. The van der Waals surface area contributed by atoms with Crippen LogP contribution in [0.5, 0.6) is 0 Å². The molecule has 0 aliphatic carbocycles. The van der Waals surface area contributed by atoms with Crippen molar-refractivity contribution in [2.24, 2.45) is 5.11 Å². The quantitative estimate of drug-likeness (QED) is 0.0311. The molecule has 2 N–H and O–H groups in total. The average molecular weight is 1850 g/mol. The largest absolute Gasteiger partial charge is 0.379 e. The van der Waals surface area contributed by atoms with E-state index < -0.39 is 0 Å². The number of azide groups is 1. The van der Waals surface area contributed by atoms with Gasteiger partial charge in [-0.15, -0.1) is 0 Å². The first-order valence-electron chi connectivity index (χ1n) is 43.6. The molecular formula is C81H154N6O36S2. The zero-order chi connectivity index (χ0) is 88.9. The van der Waals surface area contributed by atoms with E-state index in [9.17, 15) is 9.59 Å². The highest BCUT2D eigenvalue weighted by atomic mass is 33.1. The van der Waals surface area contributed by atoms with Gasteiger partial charge in [0.15, 0.2) is 0 Å². The Labute approximate surface area is 748 Å². The number of nitrogens with one attached hydrogen (secondary N) is 2. The second-order valence-electron chi connectivity index (χ2n) is 25.0. The van der Waals surface area contributed by atoms with Crippen molar-refractivity contribution in [2.45, 2.75) is 17.9 Å². The van der Waals surface area contributed by atoms with Crippen molar-refractivity contribution in [3.63, 3.8) is 0 Å². The van der Waals surface area contributed by atoms with Crippen molar-refractivity contribution in [3.8, 4) is 0 Å². The number of rotatable bonds is 113. The summed E-state index contributed by atoms with van der Waals surface area (Å²) in [5.74, 6) is 0.610.